The fraction of sp³-hybridized carbons (Fsp3) is 0.571. The van der Waals surface area contributed by atoms with Crippen molar-refractivity contribution < 1.29 is 0 Å². The molecule has 18 heavy (non-hydrogen) atoms. The molecule has 2 nitrogen and oxygen atoms in total. The van der Waals surface area contributed by atoms with Gasteiger partial charge in [0.1, 0.15) is 0 Å². The lowest BCUT2D eigenvalue weighted by atomic mass is 10.1. The third-order valence-electron chi connectivity index (χ3n) is 3.87. The van der Waals surface area contributed by atoms with Crippen molar-refractivity contribution in [2.75, 3.05) is 24.5 Å². The van der Waals surface area contributed by atoms with Crippen molar-refractivity contribution in [1.82, 2.24) is 5.32 Å². The van der Waals surface area contributed by atoms with Gasteiger partial charge in [-0.05, 0) is 72.5 Å². The molecule has 1 aromatic carbocycles. The van der Waals surface area contributed by atoms with Gasteiger partial charge in [-0.1, -0.05) is 11.6 Å². The number of nitrogens with zero attached hydrogens (tertiary/aromatic N) is 1. The topological polar surface area (TPSA) is 15.3 Å². The van der Waals surface area contributed by atoms with Gasteiger partial charge in [0.2, 0.25) is 0 Å². The Hall–Kier alpha value is -0.000000000000000132. The minimum absolute atomic E-state index is 0.655. The zero-order valence-electron chi connectivity index (χ0n) is 10.3. The van der Waals surface area contributed by atoms with Crippen LogP contribution in [0.3, 0.4) is 0 Å². The second-order valence-electron chi connectivity index (χ2n) is 5.29. The van der Waals surface area contributed by atoms with E-state index in [0.717, 1.165) is 30.6 Å². The Morgan fingerprint density at radius 2 is 2.17 bits per heavy atom. The van der Waals surface area contributed by atoms with E-state index in [9.17, 15) is 0 Å². The van der Waals surface area contributed by atoms with E-state index >= 15 is 0 Å². The molecule has 1 unspecified atom stereocenters. The smallest absolute Gasteiger partial charge is 0.0650 e. The van der Waals surface area contributed by atoms with Gasteiger partial charge in [0.25, 0.3) is 0 Å². The highest BCUT2D eigenvalue weighted by Gasteiger charge is 2.33. The molecule has 0 radical (unpaired) electrons. The molecule has 1 atom stereocenters. The Labute approximate surface area is 127 Å². The highest BCUT2D eigenvalue weighted by atomic mass is 127. The van der Waals surface area contributed by atoms with Crippen LogP contribution in [0.5, 0.6) is 0 Å². The molecule has 1 N–H and O–H groups in total. The molecular formula is C14H18ClIN2. The Balaban J connectivity index is 1.80. The van der Waals surface area contributed by atoms with Crippen LogP contribution in [0.4, 0.5) is 5.69 Å². The normalized spacial score (nSPS) is 25.0. The standard InChI is InChI=1S/C14H18ClIN2/c15-12-8-11(16)4-5-14(12)18-7-1-6-17-13(9-18)10-2-3-10/h4-5,8,10,13,17H,1-3,6-7,9H2. The van der Waals surface area contributed by atoms with Gasteiger partial charge in [-0.15, -0.1) is 0 Å². The lowest BCUT2D eigenvalue weighted by molar-refractivity contribution is 0.490. The monoisotopic (exact) mass is 376 g/mol. The van der Waals surface area contributed by atoms with E-state index in [1.54, 1.807) is 0 Å². The number of rotatable bonds is 2. The van der Waals surface area contributed by atoms with Gasteiger partial charge in [0.15, 0.2) is 0 Å². The molecule has 1 heterocycles. The van der Waals surface area contributed by atoms with E-state index in [1.807, 2.05) is 0 Å². The number of anilines is 1. The highest BCUT2D eigenvalue weighted by molar-refractivity contribution is 14.1. The average Bonchev–Trinajstić information content (AvgIpc) is 3.15. The third-order valence-corrected chi connectivity index (χ3v) is 4.84. The van der Waals surface area contributed by atoms with Crippen LogP contribution in [0.2, 0.25) is 5.02 Å². The first-order valence-electron chi connectivity index (χ1n) is 6.67. The van der Waals surface area contributed by atoms with E-state index in [2.05, 4.69) is 51.0 Å². The molecule has 0 bridgehead atoms. The third kappa shape index (κ3) is 2.94. The van der Waals surface area contributed by atoms with Crippen LogP contribution in [0.15, 0.2) is 18.2 Å². The minimum Gasteiger partial charge on any atom is -0.369 e. The van der Waals surface area contributed by atoms with Gasteiger partial charge in [-0.2, -0.15) is 0 Å². The zero-order valence-corrected chi connectivity index (χ0v) is 13.2. The molecule has 1 aliphatic heterocycles. The quantitative estimate of drug-likeness (QED) is 0.795. The maximum absolute atomic E-state index is 6.39. The van der Waals surface area contributed by atoms with Crippen LogP contribution in [0.25, 0.3) is 0 Å². The van der Waals surface area contributed by atoms with Crippen LogP contribution in [0, 0.1) is 9.49 Å². The van der Waals surface area contributed by atoms with Crippen molar-refractivity contribution in [3.63, 3.8) is 0 Å². The van der Waals surface area contributed by atoms with E-state index in [-0.39, 0.29) is 0 Å². The van der Waals surface area contributed by atoms with Crippen LogP contribution in [-0.4, -0.2) is 25.7 Å². The first kappa shape index (κ1) is 13.0. The summed E-state index contributed by atoms with van der Waals surface area (Å²) in [6.07, 6.45) is 3.99. The molecule has 98 valence electrons. The summed E-state index contributed by atoms with van der Waals surface area (Å²) < 4.78 is 1.20. The lowest BCUT2D eigenvalue weighted by Gasteiger charge is -2.27. The van der Waals surface area contributed by atoms with Gasteiger partial charge in [0, 0.05) is 22.7 Å². The van der Waals surface area contributed by atoms with Crippen molar-refractivity contribution >= 4 is 39.9 Å². The average molecular weight is 377 g/mol. The van der Waals surface area contributed by atoms with Crippen LogP contribution in [-0.2, 0) is 0 Å². The van der Waals surface area contributed by atoms with Crippen molar-refractivity contribution in [2.45, 2.75) is 25.3 Å². The molecule has 2 aliphatic rings. The molecule has 4 heteroatoms. The van der Waals surface area contributed by atoms with E-state index in [4.69, 9.17) is 11.6 Å². The summed E-state index contributed by atoms with van der Waals surface area (Å²) in [7, 11) is 0. The van der Waals surface area contributed by atoms with Gasteiger partial charge < -0.3 is 10.2 Å². The highest BCUT2D eigenvalue weighted by Crippen LogP contribution is 2.35. The van der Waals surface area contributed by atoms with Gasteiger partial charge in [-0.3, -0.25) is 0 Å². The Morgan fingerprint density at radius 3 is 2.89 bits per heavy atom. The summed E-state index contributed by atoms with van der Waals surface area (Å²) in [6.45, 7) is 3.35. The van der Waals surface area contributed by atoms with Crippen LogP contribution < -0.4 is 10.2 Å². The number of hydrogen-bond donors (Lipinski definition) is 1. The summed E-state index contributed by atoms with van der Waals surface area (Å²) in [6, 6.07) is 7.02. The fourth-order valence-corrected chi connectivity index (χ4v) is 3.70. The van der Waals surface area contributed by atoms with Crippen LogP contribution in [0.1, 0.15) is 19.3 Å². The summed E-state index contributed by atoms with van der Waals surface area (Å²) >= 11 is 8.70. The predicted molar refractivity (Wildman–Crippen MR) is 85.5 cm³/mol. The maximum Gasteiger partial charge on any atom is 0.0650 e. The number of halogens is 2. The molecule has 0 spiro atoms. The summed E-state index contributed by atoms with van der Waals surface area (Å²) in [5, 5.41) is 4.58. The number of hydrogen-bond acceptors (Lipinski definition) is 2. The van der Waals surface area contributed by atoms with E-state index in [0.29, 0.717) is 6.04 Å². The summed E-state index contributed by atoms with van der Waals surface area (Å²) in [4.78, 5) is 2.46. The molecule has 1 saturated carbocycles. The van der Waals surface area contributed by atoms with Gasteiger partial charge >= 0.3 is 0 Å². The minimum atomic E-state index is 0.655. The van der Waals surface area contributed by atoms with E-state index in [1.165, 1.54) is 28.5 Å². The maximum atomic E-state index is 6.39. The Morgan fingerprint density at radius 1 is 1.33 bits per heavy atom. The van der Waals surface area contributed by atoms with Crippen LogP contribution >= 0.6 is 34.2 Å². The first-order valence-corrected chi connectivity index (χ1v) is 8.13. The Bertz CT molecular complexity index is 434. The lowest BCUT2D eigenvalue weighted by Crippen LogP contribution is -2.39. The Kier molecular flexibility index (Phi) is 4.01. The van der Waals surface area contributed by atoms with Gasteiger partial charge in [-0.25, -0.2) is 0 Å². The predicted octanol–water partition coefficient (Wildman–Crippen LogP) is 3.52. The summed E-state index contributed by atoms with van der Waals surface area (Å²) in [5.41, 5.74) is 1.20. The van der Waals surface area contributed by atoms with E-state index < -0.39 is 0 Å². The molecule has 0 aromatic heterocycles. The van der Waals surface area contributed by atoms with Crippen molar-refractivity contribution in [3.8, 4) is 0 Å². The molecule has 1 aromatic rings. The molecule has 1 aliphatic carbocycles. The van der Waals surface area contributed by atoms with Crippen molar-refractivity contribution in [3.05, 3.63) is 26.8 Å². The molecule has 3 rings (SSSR count). The van der Waals surface area contributed by atoms with Crippen molar-refractivity contribution in [2.24, 2.45) is 5.92 Å². The van der Waals surface area contributed by atoms with Gasteiger partial charge in [0.05, 0.1) is 10.7 Å². The number of benzene rings is 1. The number of nitrogens with one attached hydrogen (secondary N) is 1. The molecular weight excluding hydrogens is 359 g/mol. The molecule has 1 saturated heterocycles. The fourth-order valence-electron chi connectivity index (χ4n) is 2.72. The zero-order chi connectivity index (χ0) is 12.5. The SMILES string of the molecule is Clc1cc(I)ccc1N1CCCNC(C2CC2)C1. The molecule has 2 fully saturated rings. The molecule has 0 amide bonds. The largest absolute Gasteiger partial charge is 0.369 e. The second kappa shape index (κ2) is 5.55. The second-order valence-corrected chi connectivity index (χ2v) is 6.95. The summed E-state index contributed by atoms with van der Waals surface area (Å²) in [5.74, 6) is 0.897. The first-order chi connectivity index (χ1) is 8.74. The van der Waals surface area contributed by atoms with Crippen molar-refractivity contribution in [1.29, 1.82) is 0 Å².